The minimum absolute atomic E-state index is 1.56. The van der Waals surface area contributed by atoms with Gasteiger partial charge in [-0.3, -0.25) is 0 Å². The van der Waals surface area contributed by atoms with E-state index in [1.165, 1.54) is 0 Å². The molecule has 13 heavy (non-hydrogen) atoms. The molecule has 1 rings (SSSR count). The fourth-order valence-corrected chi connectivity index (χ4v) is 13.5. The summed E-state index contributed by atoms with van der Waals surface area (Å²) in [5.74, 6) is 0. The smallest absolute Gasteiger partial charge is 0.420 e. The van der Waals surface area contributed by atoms with Gasteiger partial charge in [0.1, 0.15) is 0 Å². The molecule has 2 unspecified atom stereocenters. The molecule has 0 aromatic rings. The van der Waals surface area contributed by atoms with Crippen molar-refractivity contribution in [2.75, 3.05) is 0 Å². The summed E-state index contributed by atoms with van der Waals surface area (Å²) in [4.78, 5) is 9.73. The Bertz CT molecular complexity index is 162. The van der Waals surface area contributed by atoms with Gasteiger partial charge in [-0.15, -0.1) is 0 Å². The zero-order valence-electron chi connectivity index (χ0n) is 8.31. The second-order valence-electron chi connectivity index (χ2n) is 3.11. The molecule has 1 saturated heterocycles. The number of hydrogen-bond donors (Lipinski definition) is 1. The topological polar surface area (TPSA) is 57.2 Å². The van der Waals surface area contributed by atoms with Gasteiger partial charge in [0, 0.05) is 6.55 Å². The van der Waals surface area contributed by atoms with Crippen LogP contribution in [0.2, 0.25) is 26.2 Å². The first-order valence-corrected chi connectivity index (χ1v) is 12.8. The van der Waals surface area contributed by atoms with Gasteiger partial charge in [0.25, 0.3) is 9.28 Å². The van der Waals surface area contributed by atoms with Crippen molar-refractivity contribution in [3.8, 4) is 0 Å². The van der Waals surface area contributed by atoms with Crippen LogP contribution < -0.4 is 0 Å². The predicted molar refractivity (Wildman–Crippen MR) is 57.2 cm³/mol. The number of rotatable bonds is 0. The molecular weight excluding hydrogens is 240 g/mol. The van der Waals surface area contributed by atoms with Crippen LogP contribution in [0, 0.1) is 0 Å². The molecule has 1 aliphatic rings. The first kappa shape index (κ1) is 11.7. The second-order valence-corrected chi connectivity index (χ2v) is 12.4. The van der Waals surface area contributed by atoms with Crippen LogP contribution in [0.15, 0.2) is 0 Å². The van der Waals surface area contributed by atoms with Crippen molar-refractivity contribution in [2.45, 2.75) is 26.2 Å². The van der Waals surface area contributed by atoms with Crippen molar-refractivity contribution in [1.29, 1.82) is 0 Å². The van der Waals surface area contributed by atoms with Crippen molar-refractivity contribution in [3.63, 3.8) is 0 Å². The highest BCUT2D eigenvalue weighted by molar-refractivity contribution is 6.77. The molecule has 78 valence electrons. The van der Waals surface area contributed by atoms with Crippen LogP contribution in [0.3, 0.4) is 0 Å². The van der Waals surface area contributed by atoms with Gasteiger partial charge >= 0.3 is 27.4 Å². The summed E-state index contributed by atoms with van der Waals surface area (Å²) in [6.07, 6.45) is 0. The fraction of sp³-hybridized carbons (Fsp3) is 1.00. The van der Waals surface area contributed by atoms with Gasteiger partial charge in [0.05, 0.1) is 0 Å². The summed E-state index contributed by atoms with van der Waals surface area (Å²) >= 11 is 0. The third kappa shape index (κ3) is 4.14. The van der Waals surface area contributed by atoms with Crippen LogP contribution >= 0.6 is 0 Å². The molecule has 1 N–H and O–H groups in total. The molecule has 0 aromatic carbocycles. The lowest BCUT2D eigenvalue weighted by Gasteiger charge is -2.32. The Morgan fingerprint density at radius 3 is 1.69 bits per heavy atom. The van der Waals surface area contributed by atoms with Crippen LogP contribution in [0.25, 0.3) is 0 Å². The van der Waals surface area contributed by atoms with E-state index in [4.69, 9.17) is 16.5 Å². The van der Waals surface area contributed by atoms with Crippen molar-refractivity contribution in [2.24, 2.45) is 0 Å². The van der Waals surface area contributed by atoms with Gasteiger partial charge in [-0.2, -0.15) is 0 Å². The zero-order chi connectivity index (χ0) is 10.1. The normalized spacial score (nSPS) is 48.2. The van der Waals surface area contributed by atoms with Gasteiger partial charge in [-0.25, -0.2) is 0 Å². The van der Waals surface area contributed by atoms with E-state index < -0.39 is 36.7 Å². The van der Waals surface area contributed by atoms with E-state index in [-0.39, 0.29) is 0 Å². The maximum Gasteiger partial charge on any atom is 0.476 e. The first-order chi connectivity index (χ1) is 5.89. The van der Waals surface area contributed by atoms with E-state index in [0.29, 0.717) is 0 Å². The van der Waals surface area contributed by atoms with Crippen molar-refractivity contribution in [3.05, 3.63) is 0 Å². The van der Waals surface area contributed by atoms with Crippen LogP contribution in [-0.4, -0.2) is 41.5 Å². The highest BCUT2D eigenvalue weighted by Gasteiger charge is 2.38. The molecule has 0 bridgehead atoms. The summed E-state index contributed by atoms with van der Waals surface area (Å²) in [6, 6.07) is 0. The Hall–Kier alpha value is 0.668. The fourth-order valence-electron chi connectivity index (χ4n) is 1.27. The predicted octanol–water partition coefficient (Wildman–Crippen LogP) is -0.822. The van der Waals surface area contributed by atoms with Crippen LogP contribution in [0.5, 0.6) is 0 Å². The van der Waals surface area contributed by atoms with E-state index >= 15 is 0 Å². The lowest BCUT2D eigenvalue weighted by atomic mass is 11.9. The third-order valence-electron chi connectivity index (χ3n) is 1.54. The van der Waals surface area contributed by atoms with Gasteiger partial charge in [-0.05, 0) is 19.6 Å². The van der Waals surface area contributed by atoms with E-state index in [2.05, 4.69) is 0 Å². The molecule has 0 amide bonds. The van der Waals surface area contributed by atoms with E-state index in [9.17, 15) is 4.80 Å². The minimum atomic E-state index is -2.93. The molecule has 0 radical (unpaired) electrons. The summed E-state index contributed by atoms with van der Waals surface area (Å²) in [5, 5.41) is 0. The van der Waals surface area contributed by atoms with E-state index in [1.54, 1.807) is 6.55 Å². The standard InChI is InChI=1S/C4H16O5Si4/c1-10-6-11(2)8-13(4,5)9-12(3)7-10/h5,10-12H,1-4H3. The quantitative estimate of drug-likeness (QED) is 0.574. The van der Waals surface area contributed by atoms with Gasteiger partial charge in [0.15, 0.2) is 0 Å². The minimum Gasteiger partial charge on any atom is -0.420 e. The highest BCUT2D eigenvalue weighted by Crippen LogP contribution is 2.12. The Morgan fingerprint density at radius 1 is 0.923 bits per heavy atom. The molecule has 5 nitrogen and oxygen atoms in total. The maximum atomic E-state index is 9.73. The van der Waals surface area contributed by atoms with Crippen molar-refractivity contribution in [1.82, 2.24) is 0 Å². The Kier molecular flexibility index (Phi) is 4.03. The summed E-state index contributed by atoms with van der Waals surface area (Å²) < 4.78 is 21.9. The van der Waals surface area contributed by atoms with Gasteiger partial charge < -0.3 is 21.3 Å². The molecule has 0 aliphatic carbocycles. The monoisotopic (exact) mass is 256 g/mol. The molecule has 0 aromatic heterocycles. The zero-order valence-corrected chi connectivity index (χ0v) is 12.8. The summed E-state index contributed by atoms with van der Waals surface area (Å²) in [5.41, 5.74) is 0. The third-order valence-corrected chi connectivity index (χ3v) is 13.8. The van der Waals surface area contributed by atoms with Gasteiger partial charge in [0.2, 0.25) is 0 Å². The molecule has 2 atom stereocenters. The Labute approximate surface area is 84.5 Å². The maximum absolute atomic E-state index is 9.73. The largest absolute Gasteiger partial charge is 0.476 e. The molecule has 0 spiro atoms. The summed E-state index contributed by atoms with van der Waals surface area (Å²) in [7, 11) is -7.96. The molecule has 0 saturated carbocycles. The lowest BCUT2D eigenvalue weighted by Crippen LogP contribution is -2.53. The molecule has 1 fully saturated rings. The van der Waals surface area contributed by atoms with Gasteiger partial charge in [-0.1, -0.05) is 0 Å². The SMILES string of the molecule is C[SiH]1O[SiH](C)O[Si](C)(O)O[SiH](C)O1. The van der Waals surface area contributed by atoms with Crippen molar-refractivity contribution < 1.29 is 21.3 Å². The van der Waals surface area contributed by atoms with Crippen LogP contribution in [-0.2, 0) is 16.5 Å². The Morgan fingerprint density at radius 2 is 1.31 bits per heavy atom. The lowest BCUT2D eigenvalue weighted by molar-refractivity contribution is 0.205. The van der Waals surface area contributed by atoms with Crippen LogP contribution in [0.1, 0.15) is 0 Å². The van der Waals surface area contributed by atoms with E-state index in [1.807, 2.05) is 19.6 Å². The Balaban J connectivity index is 2.59. The molecular formula is C4H16O5Si4. The second kappa shape index (κ2) is 4.46. The van der Waals surface area contributed by atoms with Crippen molar-refractivity contribution >= 4 is 36.7 Å². The average Bonchev–Trinajstić information content (AvgIpc) is 1.78. The first-order valence-electron chi connectivity index (χ1n) is 4.28. The summed E-state index contributed by atoms with van der Waals surface area (Å²) in [6.45, 7) is 7.34. The number of hydrogen-bond acceptors (Lipinski definition) is 5. The van der Waals surface area contributed by atoms with Crippen LogP contribution in [0.4, 0.5) is 0 Å². The average molecular weight is 257 g/mol. The molecule has 9 heteroatoms. The highest BCUT2D eigenvalue weighted by atomic mass is 28.5. The molecule has 1 aliphatic heterocycles. The molecule has 1 heterocycles. The van der Waals surface area contributed by atoms with E-state index in [0.717, 1.165) is 0 Å².